The van der Waals surface area contributed by atoms with Gasteiger partial charge in [-0.1, -0.05) is 6.07 Å². The number of fused-ring (bicyclic) bond motifs is 1. The van der Waals surface area contributed by atoms with Crippen LogP contribution in [0.1, 0.15) is 48.7 Å². The SMILES string of the molecule is COc1ccc(OC)c(CN(C(=O)c2cc(-c3cccs3)nc3c2cnn3C(C)C)C2CC2)c1. The van der Waals surface area contributed by atoms with E-state index >= 15 is 0 Å². The first-order chi connectivity index (χ1) is 16.5. The van der Waals surface area contributed by atoms with Crippen LogP contribution < -0.4 is 9.47 Å². The van der Waals surface area contributed by atoms with Crippen LogP contribution in [-0.2, 0) is 6.54 Å². The Morgan fingerprint density at radius 2 is 2.03 bits per heavy atom. The van der Waals surface area contributed by atoms with Crippen molar-refractivity contribution < 1.29 is 14.3 Å². The van der Waals surface area contributed by atoms with Gasteiger partial charge in [-0.2, -0.15) is 5.10 Å². The fourth-order valence-corrected chi connectivity index (χ4v) is 4.91. The van der Waals surface area contributed by atoms with Gasteiger partial charge in [-0.3, -0.25) is 4.79 Å². The fraction of sp³-hybridized carbons (Fsp3) is 0.346. The first-order valence-electron chi connectivity index (χ1n) is 11.4. The van der Waals surface area contributed by atoms with Crippen molar-refractivity contribution in [3.05, 3.63) is 59.1 Å². The molecule has 1 fully saturated rings. The van der Waals surface area contributed by atoms with E-state index in [1.807, 2.05) is 51.4 Å². The van der Waals surface area contributed by atoms with E-state index in [1.54, 1.807) is 31.8 Å². The Balaban J connectivity index is 1.60. The van der Waals surface area contributed by atoms with Crippen molar-refractivity contribution in [3.63, 3.8) is 0 Å². The van der Waals surface area contributed by atoms with E-state index in [1.165, 1.54) is 0 Å². The van der Waals surface area contributed by atoms with Gasteiger partial charge in [0.1, 0.15) is 11.5 Å². The first-order valence-corrected chi connectivity index (χ1v) is 12.3. The molecule has 34 heavy (non-hydrogen) atoms. The molecule has 1 aliphatic carbocycles. The summed E-state index contributed by atoms with van der Waals surface area (Å²) < 4.78 is 12.9. The molecule has 0 bridgehead atoms. The Morgan fingerprint density at radius 3 is 2.68 bits per heavy atom. The molecule has 1 saturated carbocycles. The van der Waals surface area contributed by atoms with Gasteiger partial charge in [0.2, 0.25) is 0 Å². The van der Waals surface area contributed by atoms with Gasteiger partial charge in [0.15, 0.2) is 5.65 Å². The second-order valence-electron chi connectivity index (χ2n) is 8.79. The molecule has 1 aliphatic rings. The molecule has 1 aromatic carbocycles. The van der Waals surface area contributed by atoms with Crippen LogP contribution in [0.3, 0.4) is 0 Å². The molecule has 3 aromatic heterocycles. The molecule has 5 rings (SSSR count). The van der Waals surface area contributed by atoms with Crippen LogP contribution in [0.2, 0.25) is 0 Å². The highest BCUT2D eigenvalue weighted by molar-refractivity contribution is 7.13. The average Bonchev–Trinajstić information content (AvgIpc) is 3.35. The zero-order valence-electron chi connectivity index (χ0n) is 19.8. The molecule has 1 amide bonds. The van der Waals surface area contributed by atoms with Gasteiger partial charge in [0.05, 0.1) is 48.5 Å². The molecule has 0 atom stereocenters. The smallest absolute Gasteiger partial charge is 0.255 e. The molecule has 0 radical (unpaired) electrons. The lowest BCUT2D eigenvalue weighted by molar-refractivity contribution is 0.0730. The van der Waals surface area contributed by atoms with Gasteiger partial charge in [-0.15, -0.1) is 11.3 Å². The quantitative estimate of drug-likeness (QED) is 0.333. The van der Waals surface area contributed by atoms with Crippen molar-refractivity contribution in [1.82, 2.24) is 19.7 Å². The minimum atomic E-state index is -0.0131. The molecule has 3 heterocycles. The van der Waals surface area contributed by atoms with Crippen molar-refractivity contribution in [2.75, 3.05) is 14.2 Å². The lowest BCUT2D eigenvalue weighted by Gasteiger charge is -2.24. The van der Waals surface area contributed by atoms with E-state index < -0.39 is 0 Å². The third-order valence-corrected chi connectivity index (χ3v) is 7.03. The van der Waals surface area contributed by atoms with Crippen molar-refractivity contribution in [3.8, 4) is 22.1 Å². The number of carbonyl (C=O) groups excluding carboxylic acids is 1. The molecule has 8 heteroatoms. The minimum absolute atomic E-state index is 0.0131. The van der Waals surface area contributed by atoms with Crippen LogP contribution in [0, 0.1) is 0 Å². The third kappa shape index (κ3) is 4.14. The van der Waals surface area contributed by atoms with Crippen LogP contribution in [-0.4, -0.2) is 45.8 Å². The van der Waals surface area contributed by atoms with Crippen molar-refractivity contribution in [1.29, 1.82) is 0 Å². The van der Waals surface area contributed by atoms with Crippen molar-refractivity contribution in [2.24, 2.45) is 0 Å². The van der Waals surface area contributed by atoms with E-state index in [0.29, 0.717) is 12.1 Å². The van der Waals surface area contributed by atoms with E-state index in [4.69, 9.17) is 14.5 Å². The minimum Gasteiger partial charge on any atom is -0.497 e. The largest absolute Gasteiger partial charge is 0.497 e. The zero-order chi connectivity index (χ0) is 23.8. The first kappa shape index (κ1) is 22.4. The van der Waals surface area contributed by atoms with E-state index in [0.717, 1.165) is 51.5 Å². The number of hydrogen-bond acceptors (Lipinski definition) is 6. The van der Waals surface area contributed by atoms with Gasteiger partial charge in [-0.05, 0) is 62.4 Å². The predicted octanol–water partition coefficient (Wildman–Crippen LogP) is 5.56. The van der Waals surface area contributed by atoms with Crippen LogP contribution >= 0.6 is 11.3 Å². The highest BCUT2D eigenvalue weighted by Gasteiger charge is 2.35. The number of ether oxygens (including phenoxy) is 2. The summed E-state index contributed by atoms with van der Waals surface area (Å²) in [5.41, 5.74) is 3.08. The van der Waals surface area contributed by atoms with Gasteiger partial charge >= 0.3 is 0 Å². The number of thiophene rings is 1. The fourth-order valence-electron chi connectivity index (χ4n) is 4.22. The second-order valence-corrected chi connectivity index (χ2v) is 9.74. The van der Waals surface area contributed by atoms with Crippen LogP contribution in [0.15, 0.2) is 48.0 Å². The Bertz CT molecular complexity index is 1330. The maximum atomic E-state index is 14.1. The van der Waals surface area contributed by atoms with Crippen molar-refractivity contribution in [2.45, 2.75) is 45.3 Å². The summed E-state index contributed by atoms with van der Waals surface area (Å²) in [5.74, 6) is 1.47. The van der Waals surface area contributed by atoms with E-state index in [9.17, 15) is 4.79 Å². The highest BCUT2D eigenvalue weighted by atomic mass is 32.1. The van der Waals surface area contributed by atoms with E-state index in [-0.39, 0.29) is 18.0 Å². The number of rotatable bonds is 8. The molecule has 0 unspecified atom stereocenters. The number of methoxy groups -OCH3 is 2. The lowest BCUT2D eigenvalue weighted by atomic mass is 10.1. The van der Waals surface area contributed by atoms with Gasteiger partial charge in [-0.25, -0.2) is 9.67 Å². The number of pyridine rings is 1. The van der Waals surface area contributed by atoms with Crippen molar-refractivity contribution >= 4 is 28.3 Å². The number of carbonyl (C=O) groups is 1. The van der Waals surface area contributed by atoms with Gasteiger partial charge in [0, 0.05) is 17.6 Å². The van der Waals surface area contributed by atoms with Crippen LogP contribution in [0.4, 0.5) is 0 Å². The number of aromatic nitrogens is 3. The molecule has 176 valence electrons. The number of nitrogens with zero attached hydrogens (tertiary/aromatic N) is 4. The summed E-state index contributed by atoms with van der Waals surface area (Å²) in [7, 11) is 3.29. The van der Waals surface area contributed by atoms with Crippen LogP contribution in [0.5, 0.6) is 11.5 Å². The maximum absolute atomic E-state index is 14.1. The van der Waals surface area contributed by atoms with Gasteiger partial charge < -0.3 is 14.4 Å². The Hall–Kier alpha value is -3.39. The monoisotopic (exact) mass is 476 g/mol. The van der Waals surface area contributed by atoms with E-state index in [2.05, 4.69) is 18.9 Å². The van der Waals surface area contributed by atoms with Crippen LogP contribution in [0.25, 0.3) is 21.6 Å². The average molecular weight is 477 g/mol. The summed E-state index contributed by atoms with van der Waals surface area (Å²) in [6, 6.07) is 12.0. The predicted molar refractivity (Wildman–Crippen MR) is 134 cm³/mol. The Morgan fingerprint density at radius 1 is 1.21 bits per heavy atom. The second kappa shape index (κ2) is 9.10. The summed E-state index contributed by atoms with van der Waals surface area (Å²) >= 11 is 1.61. The maximum Gasteiger partial charge on any atom is 0.255 e. The highest BCUT2D eigenvalue weighted by Crippen LogP contribution is 2.35. The molecule has 4 aromatic rings. The Labute approximate surface area is 202 Å². The standard InChI is InChI=1S/C26H28N4O3S/c1-16(2)30-25-21(14-27-30)20(13-22(28-25)24-6-5-11-34-24)26(31)29(18-7-8-18)15-17-12-19(32-3)9-10-23(17)33-4/h5-6,9-14,16,18H,7-8,15H2,1-4H3. The number of hydrogen-bond donors (Lipinski definition) is 0. The normalized spacial score (nSPS) is 13.4. The summed E-state index contributed by atoms with van der Waals surface area (Å²) in [5, 5.41) is 7.37. The molecule has 0 spiro atoms. The molecule has 0 saturated heterocycles. The molecular weight excluding hydrogens is 448 g/mol. The summed E-state index contributed by atoms with van der Waals surface area (Å²) in [4.78, 5) is 22.0. The molecular formula is C26H28N4O3S. The molecule has 7 nitrogen and oxygen atoms in total. The number of benzene rings is 1. The zero-order valence-corrected chi connectivity index (χ0v) is 20.6. The summed E-state index contributed by atoms with van der Waals surface area (Å²) in [6.07, 6.45) is 3.76. The third-order valence-electron chi connectivity index (χ3n) is 6.14. The molecule has 0 N–H and O–H groups in total. The topological polar surface area (TPSA) is 69.5 Å². The molecule has 0 aliphatic heterocycles. The lowest BCUT2D eigenvalue weighted by Crippen LogP contribution is -2.33. The Kier molecular flexibility index (Phi) is 6.00. The number of amides is 1. The summed E-state index contributed by atoms with van der Waals surface area (Å²) in [6.45, 7) is 4.58. The van der Waals surface area contributed by atoms with Gasteiger partial charge in [0.25, 0.3) is 5.91 Å².